The summed E-state index contributed by atoms with van der Waals surface area (Å²) in [6.45, 7) is 2.11. The first-order chi connectivity index (χ1) is 11.5. The number of carboxylic acids is 2. The molecular formula is C19H34O5. The van der Waals surface area contributed by atoms with Crippen LogP contribution in [0.4, 0.5) is 0 Å². The highest BCUT2D eigenvalue weighted by Gasteiger charge is 2.16. The molecule has 0 heterocycles. The average Bonchev–Trinajstić information content (AvgIpc) is 2.53. The van der Waals surface area contributed by atoms with Crippen LogP contribution in [-0.4, -0.2) is 33.9 Å². The van der Waals surface area contributed by atoms with Gasteiger partial charge in [-0.2, -0.15) is 0 Å². The van der Waals surface area contributed by atoms with Gasteiger partial charge in [-0.05, 0) is 18.8 Å². The first-order valence-corrected chi connectivity index (χ1v) is 9.28. The van der Waals surface area contributed by atoms with Crippen molar-refractivity contribution in [1.29, 1.82) is 0 Å². The molecule has 0 bridgehead atoms. The average molecular weight is 342 g/mol. The van der Waals surface area contributed by atoms with Crippen molar-refractivity contribution in [3.8, 4) is 0 Å². The Hall–Kier alpha value is -1.36. The van der Waals surface area contributed by atoms with E-state index in [4.69, 9.17) is 10.2 Å². The van der Waals surface area contributed by atoms with E-state index >= 15 is 0 Å². The summed E-state index contributed by atoms with van der Waals surface area (Å²) in [5.41, 5.74) is -0.145. The monoisotopic (exact) mass is 342 g/mol. The van der Waals surface area contributed by atoms with Gasteiger partial charge in [0.15, 0.2) is 0 Å². The van der Waals surface area contributed by atoms with Crippen LogP contribution in [0.25, 0.3) is 0 Å². The lowest BCUT2D eigenvalue weighted by Gasteiger charge is -2.14. The molecule has 140 valence electrons. The third-order valence-corrected chi connectivity index (χ3v) is 4.31. The van der Waals surface area contributed by atoms with Crippen LogP contribution < -0.4 is 0 Å². The number of aliphatic hydroxyl groups is 1. The van der Waals surface area contributed by atoms with Crippen LogP contribution in [0.3, 0.4) is 0 Å². The SMILES string of the molecule is CCCCCCCCCCCCC(CO)C/C(=C/C(=O)O)C(=O)O. The molecule has 0 aliphatic heterocycles. The molecule has 0 radical (unpaired) electrons. The van der Waals surface area contributed by atoms with Gasteiger partial charge < -0.3 is 15.3 Å². The Morgan fingerprint density at radius 2 is 1.38 bits per heavy atom. The molecule has 1 atom stereocenters. The molecule has 0 rings (SSSR count). The molecule has 0 aliphatic carbocycles. The van der Waals surface area contributed by atoms with Crippen LogP contribution in [0, 0.1) is 5.92 Å². The lowest BCUT2D eigenvalue weighted by molar-refractivity contribution is -0.135. The second-order valence-corrected chi connectivity index (χ2v) is 6.54. The number of carbonyl (C=O) groups is 2. The van der Waals surface area contributed by atoms with Crippen molar-refractivity contribution in [3.05, 3.63) is 11.6 Å². The molecule has 1 unspecified atom stereocenters. The van der Waals surface area contributed by atoms with Crippen LogP contribution in [0.2, 0.25) is 0 Å². The summed E-state index contributed by atoms with van der Waals surface area (Å²) >= 11 is 0. The summed E-state index contributed by atoms with van der Waals surface area (Å²) in [6.07, 6.45) is 13.8. The zero-order chi connectivity index (χ0) is 18.2. The molecule has 3 N–H and O–H groups in total. The Morgan fingerprint density at radius 3 is 1.79 bits per heavy atom. The predicted molar refractivity (Wildman–Crippen MR) is 95.0 cm³/mol. The molecule has 0 amide bonds. The fourth-order valence-corrected chi connectivity index (χ4v) is 2.85. The Kier molecular flexibility index (Phi) is 14.3. The van der Waals surface area contributed by atoms with Gasteiger partial charge in [-0.1, -0.05) is 71.1 Å². The van der Waals surface area contributed by atoms with Crippen molar-refractivity contribution in [2.24, 2.45) is 5.92 Å². The van der Waals surface area contributed by atoms with Crippen molar-refractivity contribution >= 4 is 11.9 Å². The molecule has 0 aromatic heterocycles. The highest BCUT2D eigenvalue weighted by molar-refractivity contribution is 5.94. The van der Waals surface area contributed by atoms with E-state index < -0.39 is 11.9 Å². The number of carboxylic acid groups (broad SMARTS) is 2. The first kappa shape index (κ1) is 22.6. The minimum Gasteiger partial charge on any atom is -0.478 e. The first-order valence-electron chi connectivity index (χ1n) is 9.28. The van der Waals surface area contributed by atoms with Crippen LogP contribution in [0.5, 0.6) is 0 Å². The van der Waals surface area contributed by atoms with Crippen molar-refractivity contribution < 1.29 is 24.9 Å². The summed E-state index contributed by atoms with van der Waals surface area (Å²) in [6, 6.07) is 0. The number of aliphatic hydroxyl groups excluding tert-OH is 1. The quantitative estimate of drug-likeness (QED) is 0.285. The van der Waals surface area contributed by atoms with Gasteiger partial charge >= 0.3 is 11.9 Å². The van der Waals surface area contributed by atoms with E-state index in [2.05, 4.69) is 6.92 Å². The molecule has 0 aliphatic rings. The largest absolute Gasteiger partial charge is 0.478 e. The molecule has 0 fully saturated rings. The zero-order valence-electron chi connectivity index (χ0n) is 15.0. The van der Waals surface area contributed by atoms with Gasteiger partial charge in [0, 0.05) is 18.3 Å². The van der Waals surface area contributed by atoms with Crippen molar-refractivity contribution in [2.75, 3.05) is 6.61 Å². The van der Waals surface area contributed by atoms with E-state index in [-0.39, 0.29) is 24.5 Å². The van der Waals surface area contributed by atoms with Crippen molar-refractivity contribution in [2.45, 2.75) is 84.0 Å². The number of rotatable bonds is 16. The second kappa shape index (κ2) is 15.2. The maximum atomic E-state index is 11.0. The Labute approximate surface area is 145 Å². The maximum Gasteiger partial charge on any atom is 0.331 e. The number of hydrogen-bond acceptors (Lipinski definition) is 3. The standard InChI is InChI=1S/C19H34O5/c1-2-3-4-5-6-7-8-9-10-11-12-16(15-20)13-17(19(23)24)14-18(21)22/h14,16,20H,2-13,15H2,1H3,(H,21,22)(H,23,24)/b17-14-. The summed E-state index contributed by atoms with van der Waals surface area (Å²) < 4.78 is 0. The molecular weight excluding hydrogens is 308 g/mol. The summed E-state index contributed by atoms with van der Waals surface area (Å²) in [7, 11) is 0. The maximum absolute atomic E-state index is 11.0. The van der Waals surface area contributed by atoms with Gasteiger partial charge in [0.2, 0.25) is 0 Å². The molecule has 0 saturated carbocycles. The van der Waals surface area contributed by atoms with E-state index in [9.17, 15) is 14.7 Å². The minimum absolute atomic E-state index is 0.107. The van der Waals surface area contributed by atoms with Crippen LogP contribution >= 0.6 is 0 Å². The van der Waals surface area contributed by atoms with Gasteiger partial charge in [0.25, 0.3) is 0 Å². The normalized spacial score (nSPS) is 13.0. The van der Waals surface area contributed by atoms with E-state index in [0.29, 0.717) is 0 Å². The second-order valence-electron chi connectivity index (χ2n) is 6.54. The smallest absolute Gasteiger partial charge is 0.331 e. The van der Waals surface area contributed by atoms with Crippen molar-refractivity contribution in [3.63, 3.8) is 0 Å². The van der Waals surface area contributed by atoms with E-state index in [0.717, 1.165) is 25.3 Å². The summed E-state index contributed by atoms with van der Waals surface area (Å²) in [5.74, 6) is -2.66. The van der Waals surface area contributed by atoms with Crippen molar-refractivity contribution in [1.82, 2.24) is 0 Å². The van der Waals surface area contributed by atoms with Gasteiger partial charge in [-0.25, -0.2) is 9.59 Å². The van der Waals surface area contributed by atoms with Gasteiger partial charge in [0.05, 0.1) is 0 Å². The molecule has 0 aromatic rings. The third kappa shape index (κ3) is 13.1. The molecule has 24 heavy (non-hydrogen) atoms. The van der Waals surface area contributed by atoms with Crippen LogP contribution in [-0.2, 0) is 9.59 Å². The lowest BCUT2D eigenvalue weighted by atomic mass is 9.93. The Balaban J connectivity index is 3.82. The number of hydrogen-bond donors (Lipinski definition) is 3. The molecule has 5 heteroatoms. The van der Waals surface area contributed by atoms with E-state index in [1.165, 1.54) is 51.4 Å². The minimum atomic E-state index is -1.26. The number of aliphatic carboxylic acids is 2. The number of unbranched alkanes of at least 4 members (excludes halogenated alkanes) is 9. The molecule has 5 nitrogen and oxygen atoms in total. The van der Waals surface area contributed by atoms with E-state index in [1.54, 1.807) is 0 Å². The molecule has 0 saturated heterocycles. The Bertz CT molecular complexity index is 376. The van der Waals surface area contributed by atoms with Crippen LogP contribution in [0.1, 0.15) is 84.0 Å². The Morgan fingerprint density at radius 1 is 0.875 bits per heavy atom. The lowest BCUT2D eigenvalue weighted by Crippen LogP contribution is -2.13. The third-order valence-electron chi connectivity index (χ3n) is 4.31. The summed E-state index contributed by atoms with van der Waals surface area (Å²) in [5, 5.41) is 27.0. The highest BCUT2D eigenvalue weighted by atomic mass is 16.4. The van der Waals surface area contributed by atoms with Gasteiger partial charge in [0.1, 0.15) is 0 Å². The topological polar surface area (TPSA) is 94.8 Å². The fraction of sp³-hybridized carbons (Fsp3) is 0.789. The van der Waals surface area contributed by atoms with E-state index in [1.807, 2.05) is 0 Å². The summed E-state index contributed by atoms with van der Waals surface area (Å²) in [4.78, 5) is 21.6. The highest BCUT2D eigenvalue weighted by Crippen LogP contribution is 2.19. The van der Waals surface area contributed by atoms with Crippen LogP contribution in [0.15, 0.2) is 11.6 Å². The fourth-order valence-electron chi connectivity index (χ4n) is 2.85. The molecule has 0 spiro atoms. The predicted octanol–water partition coefficient (Wildman–Crippen LogP) is 4.39. The van der Waals surface area contributed by atoms with Gasteiger partial charge in [-0.3, -0.25) is 0 Å². The zero-order valence-corrected chi connectivity index (χ0v) is 15.0. The molecule has 0 aromatic carbocycles. The van der Waals surface area contributed by atoms with Gasteiger partial charge in [-0.15, -0.1) is 0 Å².